The lowest BCUT2D eigenvalue weighted by atomic mass is 10.1. The zero-order valence-electron chi connectivity index (χ0n) is 11.2. The molecule has 0 spiro atoms. The molecule has 5 nitrogen and oxygen atoms in total. The van der Waals surface area contributed by atoms with Crippen LogP contribution in [0.25, 0.3) is 0 Å². The maximum atomic E-state index is 12.4. The topological polar surface area (TPSA) is 83.8 Å². The number of carbonyl (C=O) groups is 1. The highest BCUT2D eigenvalue weighted by atomic mass is 32.1. The summed E-state index contributed by atoms with van der Waals surface area (Å²) in [5, 5.41) is 12.8. The predicted octanol–water partition coefficient (Wildman–Crippen LogP) is 3.84. The van der Waals surface area contributed by atoms with Crippen LogP contribution in [0.4, 0.5) is 0 Å². The minimum Gasteiger partial charge on any atom is -0.479 e. The molecule has 1 aromatic carbocycles. The third-order valence-corrected chi connectivity index (χ3v) is 5.59. The third-order valence-electron chi connectivity index (χ3n) is 3.10. The van der Waals surface area contributed by atoms with Crippen LogP contribution in [0.15, 0.2) is 47.2 Å². The molecule has 0 bridgehead atoms. The fraction of sp³-hybridized carbons (Fsp3) is 0.214. The molecule has 3 unspecified atom stereocenters. The summed E-state index contributed by atoms with van der Waals surface area (Å²) in [7, 11) is -4.12. The molecule has 7 heteroatoms. The van der Waals surface area contributed by atoms with Gasteiger partial charge in [0, 0.05) is 0 Å². The number of carboxylic acid groups (broad SMARTS) is 1. The summed E-state index contributed by atoms with van der Waals surface area (Å²) in [6, 6.07) is 9.86. The maximum Gasteiger partial charge on any atom is 0.338 e. The normalized spacial score (nSPS) is 16.9. The molecule has 0 radical (unpaired) electrons. The highest BCUT2D eigenvalue weighted by molar-refractivity contribution is 7.53. The minimum atomic E-state index is -4.12. The smallest absolute Gasteiger partial charge is 0.338 e. The average Bonchev–Trinajstić information content (AvgIpc) is 2.98. The van der Waals surface area contributed by atoms with Gasteiger partial charge in [-0.3, -0.25) is 9.09 Å². The second-order valence-corrected chi connectivity index (χ2v) is 7.42. The van der Waals surface area contributed by atoms with E-state index in [9.17, 15) is 19.4 Å². The van der Waals surface area contributed by atoms with E-state index in [-0.39, 0.29) is 0 Å². The lowest BCUT2D eigenvalue weighted by Gasteiger charge is -2.22. The van der Waals surface area contributed by atoms with Crippen LogP contribution in [0.2, 0.25) is 0 Å². The lowest BCUT2D eigenvalue weighted by Crippen LogP contribution is -2.15. The van der Waals surface area contributed by atoms with Crippen molar-refractivity contribution in [1.82, 2.24) is 0 Å². The Balaban J connectivity index is 2.24. The maximum absolute atomic E-state index is 12.4. The van der Waals surface area contributed by atoms with Crippen LogP contribution in [0.3, 0.4) is 0 Å². The zero-order chi connectivity index (χ0) is 15.5. The number of thiophene rings is 1. The van der Waals surface area contributed by atoms with E-state index in [4.69, 9.17) is 4.52 Å². The first-order valence-corrected chi connectivity index (χ1v) is 8.81. The Kier molecular flexibility index (Phi) is 4.96. The van der Waals surface area contributed by atoms with Crippen molar-refractivity contribution in [3.05, 3.63) is 58.3 Å². The van der Waals surface area contributed by atoms with E-state index in [1.807, 2.05) is 0 Å². The van der Waals surface area contributed by atoms with Gasteiger partial charge in [-0.2, -0.15) is 11.3 Å². The number of aliphatic carboxylic acids is 1. The molecule has 2 rings (SSSR count). The molecule has 1 aromatic heterocycles. The Morgan fingerprint density at radius 3 is 2.43 bits per heavy atom. The highest BCUT2D eigenvalue weighted by Crippen LogP contribution is 2.59. The van der Waals surface area contributed by atoms with Gasteiger partial charge in [0.15, 0.2) is 6.10 Å². The van der Waals surface area contributed by atoms with Gasteiger partial charge in [-0.25, -0.2) is 4.79 Å². The summed E-state index contributed by atoms with van der Waals surface area (Å²) in [6.07, 6.45) is -1.47. The van der Waals surface area contributed by atoms with E-state index in [0.717, 1.165) is 0 Å². The van der Waals surface area contributed by atoms with Gasteiger partial charge in [-0.1, -0.05) is 30.3 Å². The summed E-state index contributed by atoms with van der Waals surface area (Å²) >= 11 is 1.40. The molecule has 3 atom stereocenters. The summed E-state index contributed by atoms with van der Waals surface area (Å²) in [4.78, 5) is 21.4. The van der Waals surface area contributed by atoms with Crippen molar-refractivity contribution in [1.29, 1.82) is 0 Å². The third kappa shape index (κ3) is 3.80. The molecule has 21 heavy (non-hydrogen) atoms. The van der Waals surface area contributed by atoms with Crippen molar-refractivity contribution in [2.24, 2.45) is 0 Å². The average molecular weight is 326 g/mol. The first-order valence-electron chi connectivity index (χ1n) is 6.22. The number of rotatable bonds is 6. The van der Waals surface area contributed by atoms with Crippen molar-refractivity contribution in [2.45, 2.75) is 18.7 Å². The van der Waals surface area contributed by atoms with Crippen molar-refractivity contribution in [3.63, 3.8) is 0 Å². The second kappa shape index (κ2) is 6.54. The zero-order valence-corrected chi connectivity index (χ0v) is 13.0. The van der Waals surface area contributed by atoms with Crippen LogP contribution in [0.1, 0.15) is 29.8 Å². The van der Waals surface area contributed by atoms with Gasteiger partial charge in [-0.05, 0) is 34.9 Å². The Morgan fingerprint density at radius 1 is 1.24 bits per heavy atom. The molecule has 0 fully saturated rings. The van der Waals surface area contributed by atoms with Gasteiger partial charge < -0.3 is 10.00 Å². The summed E-state index contributed by atoms with van der Waals surface area (Å²) in [5.74, 6) is -1.30. The molecule has 0 aliphatic rings. The fourth-order valence-electron chi connectivity index (χ4n) is 1.82. The van der Waals surface area contributed by atoms with Crippen molar-refractivity contribution >= 4 is 24.9 Å². The van der Waals surface area contributed by atoms with E-state index in [0.29, 0.717) is 11.1 Å². The molecule has 0 aliphatic heterocycles. The summed E-state index contributed by atoms with van der Waals surface area (Å²) in [6.45, 7) is 1.55. The minimum absolute atomic E-state index is 0.330. The first-order chi connectivity index (χ1) is 9.92. The summed E-state index contributed by atoms with van der Waals surface area (Å²) in [5.41, 5.74) is 0.203. The monoisotopic (exact) mass is 326 g/mol. The fourth-order valence-corrected chi connectivity index (χ4v) is 3.91. The molecule has 1 heterocycles. The van der Waals surface area contributed by atoms with E-state index >= 15 is 0 Å². The molecule has 0 saturated carbocycles. The van der Waals surface area contributed by atoms with E-state index in [2.05, 4.69) is 0 Å². The van der Waals surface area contributed by atoms with Crippen molar-refractivity contribution in [3.8, 4) is 0 Å². The van der Waals surface area contributed by atoms with Crippen molar-refractivity contribution in [2.75, 3.05) is 0 Å². The molecule has 2 N–H and O–H groups in total. The van der Waals surface area contributed by atoms with Crippen molar-refractivity contribution < 1.29 is 23.9 Å². The molecule has 0 aliphatic carbocycles. The number of benzene rings is 1. The molecule has 0 amide bonds. The Bertz CT molecular complexity index is 641. The van der Waals surface area contributed by atoms with Gasteiger partial charge in [0.1, 0.15) is 0 Å². The van der Waals surface area contributed by atoms with Gasteiger partial charge in [0.05, 0.1) is 5.66 Å². The number of carboxylic acids is 1. The van der Waals surface area contributed by atoms with E-state index in [1.165, 1.54) is 11.3 Å². The van der Waals surface area contributed by atoms with Crippen LogP contribution in [0, 0.1) is 0 Å². The van der Waals surface area contributed by atoms with Gasteiger partial charge >= 0.3 is 13.6 Å². The van der Waals surface area contributed by atoms with Crippen LogP contribution in [-0.2, 0) is 13.9 Å². The van der Waals surface area contributed by atoms with Gasteiger partial charge in [0.2, 0.25) is 0 Å². The van der Waals surface area contributed by atoms with Gasteiger partial charge in [0.25, 0.3) is 0 Å². The Labute approximate surface area is 126 Å². The van der Waals surface area contributed by atoms with Crippen LogP contribution < -0.4 is 0 Å². The highest BCUT2D eigenvalue weighted by Gasteiger charge is 2.36. The first kappa shape index (κ1) is 15.9. The van der Waals surface area contributed by atoms with E-state index < -0.39 is 25.3 Å². The molecular weight excluding hydrogens is 311 g/mol. The van der Waals surface area contributed by atoms with Crippen LogP contribution in [0.5, 0.6) is 0 Å². The summed E-state index contributed by atoms with van der Waals surface area (Å²) < 4.78 is 17.5. The molecule has 2 aromatic rings. The predicted molar refractivity (Wildman–Crippen MR) is 80.5 cm³/mol. The number of hydrogen-bond donors (Lipinski definition) is 2. The molecule has 0 saturated heterocycles. The Morgan fingerprint density at radius 2 is 1.90 bits per heavy atom. The lowest BCUT2D eigenvalue weighted by molar-refractivity contribution is -0.145. The van der Waals surface area contributed by atoms with Crippen LogP contribution >= 0.6 is 18.9 Å². The SMILES string of the molecule is CC(c1ccsc1)P(=O)(O)OC(C(=O)O)c1ccccc1. The van der Waals surface area contributed by atoms with Gasteiger partial charge in [-0.15, -0.1) is 0 Å². The molecule has 112 valence electrons. The quantitative estimate of drug-likeness (QED) is 0.788. The van der Waals surface area contributed by atoms with E-state index in [1.54, 1.807) is 54.1 Å². The second-order valence-electron chi connectivity index (χ2n) is 4.53. The molecular formula is C14H15O5PS. The van der Waals surface area contributed by atoms with Crippen LogP contribution in [-0.4, -0.2) is 16.0 Å². The number of hydrogen-bond acceptors (Lipinski definition) is 4. The Hall–Kier alpha value is -1.46. The standard InChI is InChI=1S/C14H15O5PS/c1-10(12-7-8-21-9-12)20(17,18)19-13(14(15)16)11-5-3-2-4-6-11/h2-10,13H,1H3,(H,15,16)(H,17,18). The largest absolute Gasteiger partial charge is 0.479 e.